The van der Waals surface area contributed by atoms with Gasteiger partial charge in [0.05, 0.1) is 0 Å². The van der Waals surface area contributed by atoms with Crippen LogP contribution < -0.4 is 5.73 Å². The summed E-state index contributed by atoms with van der Waals surface area (Å²) in [6, 6.07) is 2.53. The highest BCUT2D eigenvalue weighted by atomic mass is 15.2. The van der Waals surface area contributed by atoms with Crippen molar-refractivity contribution in [2.24, 2.45) is 0 Å². The number of likely N-dealkylation sites (tertiary alicyclic amines) is 1. The molecule has 3 heteroatoms. The molecule has 15 heavy (non-hydrogen) atoms. The second-order valence-electron chi connectivity index (χ2n) is 4.25. The van der Waals surface area contributed by atoms with Gasteiger partial charge in [-0.3, -0.25) is 4.90 Å². The molecule has 1 saturated heterocycles. The Labute approximate surface area is 91.3 Å². The van der Waals surface area contributed by atoms with Crippen LogP contribution in [0.4, 0.5) is 5.82 Å². The number of rotatable bonds is 2. The first-order chi connectivity index (χ1) is 7.22. The molecule has 0 aliphatic carbocycles. The summed E-state index contributed by atoms with van der Waals surface area (Å²) in [6.45, 7) is 6.68. The molecule has 2 rings (SSSR count). The first-order valence-electron chi connectivity index (χ1n) is 5.68. The monoisotopic (exact) mass is 205 g/mol. The molecular weight excluding hydrogens is 186 g/mol. The van der Waals surface area contributed by atoms with Gasteiger partial charge in [-0.1, -0.05) is 6.92 Å². The van der Waals surface area contributed by atoms with Gasteiger partial charge in [-0.25, -0.2) is 4.98 Å². The van der Waals surface area contributed by atoms with E-state index >= 15 is 0 Å². The van der Waals surface area contributed by atoms with E-state index in [9.17, 15) is 0 Å². The quantitative estimate of drug-likeness (QED) is 0.804. The standard InChI is InChI=1S/C12H19N3/c1-3-15-6-4-5-11(15)10-8-14-12(13)7-9(10)2/h7-8,11H,3-6H2,1-2H3,(H2,13,14)/t11-/m1/s1. The minimum absolute atomic E-state index is 0.558. The van der Waals surface area contributed by atoms with Crippen LogP contribution in [-0.2, 0) is 0 Å². The van der Waals surface area contributed by atoms with Crippen molar-refractivity contribution in [3.05, 3.63) is 23.4 Å². The Morgan fingerprint density at radius 1 is 1.60 bits per heavy atom. The van der Waals surface area contributed by atoms with Gasteiger partial charge in [-0.2, -0.15) is 0 Å². The molecule has 0 bridgehead atoms. The summed E-state index contributed by atoms with van der Waals surface area (Å²) in [6.07, 6.45) is 4.49. The number of nitrogen functional groups attached to an aromatic ring is 1. The van der Waals surface area contributed by atoms with Gasteiger partial charge < -0.3 is 5.73 Å². The molecule has 1 aromatic rings. The molecule has 1 aliphatic rings. The lowest BCUT2D eigenvalue weighted by Gasteiger charge is -2.24. The molecule has 0 radical (unpaired) electrons. The van der Waals surface area contributed by atoms with Crippen LogP contribution in [0.2, 0.25) is 0 Å². The van der Waals surface area contributed by atoms with Crippen molar-refractivity contribution in [2.45, 2.75) is 32.7 Å². The summed E-state index contributed by atoms with van der Waals surface area (Å²) in [5.74, 6) is 0.622. The molecule has 0 spiro atoms. The predicted octanol–water partition coefficient (Wildman–Crippen LogP) is 2.13. The third kappa shape index (κ3) is 1.97. The maximum Gasteiger partial charge on any atom is 0.123 e. The molecule has 3 nitrogen and oxygen atoms in total. The first-order valence-corrected chi connectivity index (χ1v) is 5.68. The zero-order chi connectivity index (χ0) is 10.8. The van der Waals surface area contributed by atoms with Gasteiger partial charge in [0.15, 0.2) is 0 Å². The molecule has 2 heterocycles. The summed E-state index contributed by atoms with van der Waals surface area (Å²) in [7, 11) is 0. The Balaban J connectivity index is 2.28. The molecule has 1 atom stereocenters. The fraction of sp³-hybridized carbons (Fsp3) is 0.583. The fourth-order valence-electron chi connectivity index (χ4n) is 2.49. The Morgan fingerprint density at radius 3 is 3.07 bits per heavy atom. The van der Waals surface area contributed by atoms with Crippen molar-refractivity contribution < 1.29 is 0 Å². The van der Waals surface area contributed by atoms with Gasteiger partial charge in [0, 0.05) is 12.2 Å². The maximum absolute atomic E-state index is 5.67. The van der Waals surface area contributed by atoms with Crippen LogP contribution in [0.25, 0.3) is 0 Å². The van der Waals surface area contributed by atoms with E-state index in [0.717, 1.165) is 6.54 Å². The molecule has 0 aromatic carbocycles. The molecule has 0 amide bonds. The zero-order valence-electron chi connectivity index (χ0n) is 9.53. The summed E-state index contributed by atoms with van der Waals surface area (Å²) in [5.41, 5.74) is 8.29. The molecule has 1 fully saturated rings. The van der Waals surface area contributed by atoms with Gasteiger partial charge in [0.1, 0.15) is 5.82 Å². The Bertz CT molecular complexity index is 349. The van der Waals surface area contributed by atoms with Crippen molar-refractivity contribution in [3.63, 3.8) is 0 Å². The highest BCUT2D eigenvalue weighted by Crippen LogP contribution is 2.33. The third-order valence-corrected chi connectivity index (χ3v) is 3.30. The normalized spacial score (nSPS) is 22.1. The van der Waals surface area contributed by atoms with Crippen LogP contribution in [0.5, 0.6) is 0 Å². The lowest BCUT2D eigenvalue weighted by molar-refractivity contribution is 0.270. The molecule has 2 N–H and O–H groups in total. The summed E-state index contributed by atoms with van der Waals surface area (Å²) in [5, 5.41) is 0. The van der Waals surface area contributed by atoms with E-state index in [0.29, 0.717) is 11.9 Å². The molecule has 0 saturated carbocycles. The topological polar surface area (TPSA) is 42.2 Å². The Morgan fingerprint density at radius 2 is 2.40 bits per heavy atom. The number of nitrogens with zero attached hydrogens (tertiary/aromatic N) is 2. The average Bonchev–Trinajstić information content (AvgIpc) is 2.65. The van der Waals surface area contributed by atoms with Crippen LogP contribution in [0.3, 0.4) is 0 Å². The van der Waals surface area contributed by atoms with Crippen molar-refractivity contribution in [1.82, 2.24) is 9.88 Å². The fourth-order valence-corrected chi connectivity index (χ4v) is 2.49. The largest absolute Gasteiger partial charge is 0.384 e. The first kappa shape index (κ1) is 10.4. The van der Waals surface area contributed by atoms with Crippen LogP contribution in [0, 0.1) is 6.92 Å². The minimum atomic E-state index is 0.558. The van der Waals surface area contributed by atoms with E-state index in [4.69, 9.17) is 5.73 Å². The van der Waals surface area contributed by atoms with E-state index in [1.165, 1.54) is 30.5 Å². The van der Waals surface area contributed by atoms with Crippen molar-refractivity contribution in [1.29, 1.82) is 0 Å². The second kappa shape index (κ2) is 4.19. The van der Waals surface area contributed by atoms with Crippen molar-refractivity contribution >= 4 is 5.82 Å². The van der Waals surface area contributed by atoms with Gasteiger partial charge in [0.2, 0.25) is 0 Å². The summed E-state index contributed by atoms with van der Waals surface area (Å²) in [4.78, 5) is 6.72. The van der Waals surface area contributed by atoms with E-state index in [-0.39, 0.29) is 0 Å². The van der Waals surface area contributed by atoms with E-state index in [1.807, 2.05) is 12.3 Å². The van der Waals surface area contributed by atoms with E-state index in [1.54, 1.807) is 0 Å². The predicted molar refractivity (Wildman–Crippen MR) is 62.6 cm³/mol. The van der Waals surface area contributed by atoms with Crippen LogP contribution in [0.1, 0.15) is 36.9 Å². The number of hydrogen-bond acceptors (Lipinski definition) is 3. The van der Waals surface area contributed by atoms with Gasteiger partial charge in [-0.15, -0.1) is 0 Å². The number of aromatic nitrogens is 1. The van der Waals surface area contributed by atoms with Crippen molar-refractivity contribution in [2.75, 3.05) is 18.8 Å². The highest BCUT2D eigenvalue weighted by molar-refractivity contribution is 5.37. The van der Waals surface area contributed by atoms with Crippen LogP contribution in [0.15, 0.2) is 12.3 Å². The van der Waals surface area contributed by atoms with Gasteiger partial charge in [0.25, 0.3) is 0 Å². The lowest BCUT2D eigenvalue weighted by atomic mass is 10.0. The van der Waals surface area contributed by atoms with Crippen LogP contribution in [-0.4, -0.2) is 23.0 Å². The molecule has 1 aliphatic heterocycles. The third-order valence-electron chi connectivity index (χ3n) is 3.30. The SMILES string of the molecule is CCN1CCC[C@@H]1c1cnc(N)cc1C. The Hall–Kier alpha value is -1.09. The summed E-state index contributed by atoms with van der Waals surface area (Å²) >= 11 is 0. The molecular formula is C12H19N3. The summed E-state index contributed by atoms with van der Waals surface area (Å²) < 4.78 is 0. The molecule has 82 valence electrons. The molecule has 0 unspecified atom stereocenters. The van der Waals surface area contributed by atoms with Gasteiger partial charge >= 0.3 is 0 Å². The highest BCUT2D eigenvalue weighted by Gasteiger charge is 2.25. The van der Waals surface area contributed by atoms with E-state index in [2.05, 4.69) is 23.7 Å². The molecule has 1 aromatic heterocycles. The second-order valence-corrected chi connectivity index (χ2v) is 4.25. The van der Waals surface area contributed by atoms with Crippen molar-refractivity contribution in [3.8, 4) is 0 Å². The number of nitrogens with two attached hydrogens (primary N) is 1. The van der Waals surface area contributed by atoms with Crippen LogP contribution >= 0.6 is 0 Å². The number of aryl methyl sites for hydroxylation is 1. The average molecular weight is 205 g/mol. The van der Waals surface area contributed by atoms with Gasteiger partial charge in [-0.05, 0) is 50.0 Å². The number of anilines is 1. The minimum Gasteiger partial charge on any atom is -0.384 e. The number of hydrogen-bond donors (Lipinski definition) is 1. The van der Waals surface area contributed by atoms with E-state index < -0.39 is 0 Å². The Kier molecular flexibility index (Phi) is 2.91. The number of pyridine rings is 1. The smallest absolute Gasteiger partial charge is 0.123 e. The maximum atomic E-state index is 5.67. The lowest BCUT2D eigenvalue weighted by Crippen LogP contribution is -2.23. The zero-order valence-corrected chi connectivity index (χ0v) is 9.53.